The van der Waals surface area contributed by atoms with Crippen molar-refractivity contribution in [2.24, 2.45) is 0 Å². The van der Waals surface area contributed by atoms with E-state index in [0.717, 1.165) is 0 Å². The summed E-state index contributed by atoms with van der Waals surface area (Å²) >= 11 is 0. The number of hydrogen-bond acceptors (Lipinski definition) is 3. The van der Waals surface area contributed by atoms with Crippen LogP contribution >= 0.6 is 0 Å². The molecule has 0 unspecified atom stereocenters. The maximum absolute atomic E-state index is 13.5. The van der Waals surface area contributed by atoms with Crippen molar-refractivity contribution in [2.75, 3.05) is 5.32 Å². The second-order valence-corrected chi connectivity index (χ2v) is 4.10. The molecule has 0 spiro atoms. The van der Waals surface area contributed by atoms with E-state index < -0.39 is 5.97 Å². The Labute approximate surface area is 109 Å². The van der Waals surface area contributed by atoms with Crippen LogP contribution in [0.1, 0.15) is 21.5 Å². The monoisotopic (exact) mass is 260 g/mol. The zero-order valence-corrected chi connectivity index (χ0v) is 10.4. The SMILES string of the molecule is Cc1ccnc(NCc2ccccc2F)c1C(=O)O. The first kappa shape index (κ1) is 13.0. The Kier molecular flexibility index (Phi) is 3.75. The van der Waals surface area contributed by atoms with Crippen LogP contribution in [0.25, 0.3) is 0 Å². The minimum atomic E-state index is -1.05. The molecule has 2 rings (SSSR count). The van der Waals surface area contributed by atoms with Crippen LogP contribution in [0, 0.1) is 12.7 Å². The molecule has 0 saturated heterocycles. The van der Waals surface area contributed by atoms with E-state index in [1.165, 1.54) is 12.3 Å². The predicted molar refractivity (Wildman–Crippen MR) is 69.7 cm³/mol. The highest BCUT2D eigenvalue weighted by Gasteiger charge is 2.14. The highest BCUT2D eigenvalue weighted by molar-refractivity contribution is 5.94. The number of anilines is 1. The van der Waals surface area contributed by atoms with Crippen LogP contribution in [0.3, 0.4) is 0 Å². The molecule has 0 aliphatic carbocycles. The van der Waals surface area contributed by atoms with Crippen LogP contribution in [-0.2, 0) is 6.54 Å². The molecule has 2 aromatic rings. The molecule has 0 atom stereocenters. The number of nitrogens with zero attached hydrogens (tertiary/aromatic N) is 1. The molecule has 4 nitrogen and oxygen atoms in total. The van der Waals surface area contributed by atoms with Crippen molar-refractivity contribution >= 4 is 11.8 Å². The summed E-state index contributed by atoms with van der Waals surface area (Å²) < 4.78 is 13.5. The molecule has 19 heavy (non-hydrogen) atoms. The third kappa shape index (κ3) is 2.88. The van der Waals surface area contributed by atoms with Gasteiger partial charge in [-0.3, -0.25) is 0 Å². The van der Waals surface area contributed by atoms with Gasteiger partial charge in [-0.1, -0.05) is 18.2 Å². The highest BCUT2D eigenvalue weighted by atomic mass is 19.1. The number of carboxylic acids is 1. The molecule has 98 valence electrons. The lowest BCUT2D eigenvalue weighted by Crippen LogP contribution is -2.10. The molecule has 0 aliphatic heterocycles. The number of aromatic nitrogens is 1. The first-order valence-corrected chi connectivity index (χ1v) is 5.75. The van der Waals surface area contributed by atoms with E-state index in [-0.39, 0.29) is 23.7 Å². The van der Waals surface area contributed by atoms with Gasteiger partial charge in [0, 0.05) is 18.3 Å². The van der Waals surface area contributed by atoms with Crippen molar-refractivity contribution < 1.29 is 14.3 Å². The van der Waals surface area contributed by atoms with Gasteiger partial charge in [0.1, 0.15) is 17.2 Å². The number of aromatic carboxylic acids is 1. The second-order valence-electron chi connectivity index (χ2n) is 4.10. The summed E-state index contributed by atoms with van der Waals surface area (Å²) in [7, 11) is 0. The Morgan fingerprint density at radius 2 is 2.11 bits per heavy atom. The first-order valence-electron chi connectivity index (χ1n) is 5.75. The molecule has 5 heteroatoms. The standard InChI is InChI=1S/C14H13FN2O2/c1-9-6-7-16-13(12(9)14(18)19)17-8-10-4-2-3-5-11(10)15/h2-7H,8H2,1H3,(H,16,17)(H,18,19). The van der Waals surface area contributed by atoms with Crippen molar-refractivity contribution in [2.45, 2.75) is 13.5 Å². The lowest BCUT2D eigenvalue weighted by molar-refractivity contribution is 0.0697. The van der Waals surface area contributed by atoms with Crippen LogP contribution in [-0.4, -0.2) is 16.1 Å². The van der Waals surface area contributed by atoms with Crippen molar-refractivity contribution in [1.29, 1.82) is 0 Å². The van der Waals surface area contributed by atoms with E-state index in [1.54, 1.807) is 31.2 Å². The maximum atomic E-state index is 13.5. The normalized spacial score (nSPS) is 10.2. The Morgan fingerprint density at radius 1 is 1.37 bits per heavy atom. The van der Waals surface area contributed by atoms with E-state index in [9.17, 15) is 9.18 Å². The number of hydrogen-bond donors (Lipinski definition) is 2. The number of rotatable bonds is 4. The van der Waals surface area contributed by atoms with Crippen molar-refractivity contribution in [3.8, 4) is 0 Å². The van der Waals surface area contributed by atoms with Crippen LogP contribution < -0.4 is 5.32 Å². The molecular weight excluding hydrogens is 247 g/mol. The van der Waals surface area contributed by atoms with Crippen LogP contribution in [0.2, 0.25) is 0 Å². The number of aryl methyl sites for hydroxylation is 1. The van der Waals surface area contributed by atoms with Gasteiger partial charge >= 0.3 is 5.97 Å². The summed E-state index contributed by atoms with van der Waals surface area (Å²) in [6.07, 6.45) is 1.52. The van der Waals surface area contributed by atoms with Crippen LogP contribution in [0.4, 0.5) is 10.2 Å². The smallest absolute Gasteiger partial charge is 0.339 e. The van der Waals surface area contributed by atoms with E-state index >= 15 is 0 Å². The van der Waals surface area contributed by atoms with Gasteiger partial charge in [0.05, 0.1) is 0 Å². The van der Waals surface area contributed by atoms with E-state index in [1.807, 2.05) is 0 Å². The van der Waals surface area contributed by atoms with Crippen LogP contribution in [0.15, 0.2) is 36.5 Å². The summed E-state index contributed by atoms with van der Waals surface area (Å²) in [5, 5.41) is 12.0. The van der Waals surface area contributed by atoms with Crippen LogP contribution in [0.5, 0.6) is 0 Å². The van der Waals surface area contributed by atoms with Gasteiger partial charge < -0.3 is 10.4 Å². The minimum Gasteiger partial charge on any atom is -0.478 e. The number of nitrogens with one attached hydrogen (secondary N) is 1. The van der Waals surface area contributed by atoms with Crippen molar-refractivity contribution in [3.05, 3.63) is 59.0 Å². The Balaban J connectivity index is 2.23. The third-order valence-electron chi connectivity index (χ3n) is 2.78. The van der Waals surface area contributed by atoms with Crippen molar-refractivity contribution in [3.63, 3.8) is 0 Å². The highest BCUT2D eigenvalue weighted by Crippen LogP contribution is 2.18. The topological polar surface area (TPSA) is 62.2 Å². The minimum absolute atomic E-state index is 0.110. The molecule has 1 aromatic carbocycles. The molecule has 1 aromatic heterocycles. The third-order valence-corrected chi connectivity index (χ3v) is 2.78. The average Bonchev–Trinajstić information content (AvgIpc) is 2.37. The predicted octanol–water partition coefficient (Wildman–Crippen LogP) is 2.84. The number of pyridine rings is 1. The van der Waals surface area contributed by atoms with E-state index in [2.05, 4.69) is 10.3 Å². The number of benzene rings is 1. The summed E-state index contributed by atoms with van der Waals surface area (Å²) in [5.41, 5.74) is 1.18. The molecular formula is C14H13FN2O2. The molecule has 2 N–H and O–H groups in total. The lowest BCUT2D eigenvalue weighted by Gasteiger charge is -2.10. The largest absolute Gasteiger partial charge is 0.478 e. The van der Waals surface area contributed by atoms with Gasteiger partial charge in [0.25, 0.3) is 0 Å². The van der Waals surface area contributed by atoms with Gasteiger partial charge in [-0.25, -0.2) is 14.2 Å². The summed E-state index contributed by atoms with van der Waals surface area (Å²) in [5.74, 6) is -1.14. The lowest BCUT2D eigenvalue weighted by atomic mass is 10.1. The average molecular weight is 260 g/mol. The molecule has 0 aliphatic rings. The van der Waals surface area contributed by atoms with E-state index in [0.29, 0.717) is 11.1 Å². The maximum Gasteiger partial charge on any atom is 0.339 e. The Hall–Kier alpha value is -2.43. The molecule has 0 radical (unpaired) electrons. The van der Waals surface area contributed by atoms with Gasteiger partial charge in [-0.2, -0.15) is 0 Å². The van der Waals surface area contributed by atoms with Gasteiger partial charge in [0.2, 0.25) is 0 Å². The summed E-state index contributed by atoms with van der Waals surface area (Å²) in [6.45, 7) is 1.88. The molecule has 0 saturated carbocycles. The fraction of sp³-hybridized carbons (Fsp3) is 0.143. The fourth-order valence-corrected chi connectivity index (χ4v) is 1.78. The molecule has 0 amide bonds. The molecule has 1 heterocycles. The Morgan fingerprint density at radius 3 is 2.79 bits per heavy atom. The summed E-state index contributed by atoms with van der Waals surface area (Å²) in [6, 6.07) is 7.95. The number of carboxylic acid groups (broad SMARTS) is 1. The van der Waals surface area contributed by atoms with Crippen molar-refractivity contribution in [1.82, 2.24) is 4.98 Å². The number of halogens is 1. The fourth-order valence-electron chi connectivity index (χ4n) is 1.78. The molecule has 0 fully saturated rings. The first-order chi connectivity index (χ1) is 9.09. The summed E-state index contributed by atoms with van der Waals surface area (Å²) in [4.78, 5) is 15.2. The van der Waals surface area contributed by atoms with Gasteiger partial charge in [-0.15, -0.1) is 0 Å². The second kappa shape index (κ2) is 5.48. The molecule has 0 bridgehead atoms. The zero-order valence-electron chi connectivity index (χ0n) is 10.4. The quantitative estimate of drug-likeness (QED) is 0.887. The van der Waals surface area contributed by atoms with Gasteiger partial charge in [-0.05, 0) is 24.6 Å². The number of carbonyl (C=O) groups is 1. The van der Waals surface area contributed by atoms with Gasteiger partial charge in [0.15, 0.2) is 0 Å². The van der Waals surface area contributed by atoms with E-state index in [4.69, 9.17) is 5.11 Å². The Bertz CT molecular complexity index is 614. The zero-order chi connectivity index (χ0) is 13.8.